The predicted molar refractivity (Wildman–Crippen MR) is 157 cm³/mol. The molecule has 0 saturated heterocycles. The summed E-state index contributed by atoms with van der Waals surface area (Å²) >= 11 is 0.837. The van der Waals surface area contributed by atoms with E-state index in [1.807, 2.05) is 6.92 Å². The first-order chi connectivity index (χ1) is 17.7. The first-order valence-corrected chi connectivity index (χ1v) is 18.1. The quantitative estimate of drug-likeness (QED) is 0.104. The molecule has 0 amide bonds. The molecule has 212 valence electrons. The van der Waals surface area contributed by atoms with Gasteiger partial charge in [0.15, 0.2) is 9.84 Å². The Kier molecular flexibility index (Phi) is 14.6. The van der Waals surface area contributed by atoms with E-state index >= 15 is 0 Å². The maximum Gasteiger partial charge on any atom is 0.291 e. The van der Waals surface area contributed by atoms with Gasteiger partial charge < -0.3 is 5.32 Å². The molecule has 1 aliphatic rings. The Morgan fingerprint density at radius 2 is 1.51 bits per heavy atom. The molecule has 9 heteroatoms. The van der Waals surface area contributed by atoms with Gasteiger partial charge in [0.1, 0.15) is 8.42 Å². The molecule has 6 nitrogen and oxygen atoms in total. The van der Waals surface area contributed by atoms with Crippen LogP contribution < -0.4 is 5.32 Å². The lowest BCUT2D eigenvalue weighted by molar-refractivity contribution is 0.477. The van der Waals surface area contributed by atoms with E-state index in [0.717, 1.165) is 37.0 Å². The molecule has 2 rings (SSSR count). The average Bonchev–Trinajstić information content (AvgIpc) is 3.33. The van der Waals surface area contributed by atoms with Crippen molar-refractivity contribution in [3.63, 3.8) is 0 Å². The number of sulfonamides is 1. The molecule has 2 heterocycles. The molecule has 0 bridgehead atoms. The minimum Gasteiger partial charge on any atom is -0.310 e. The minimum atomic E-state index is -3.89. The van der Waals surface area contributed by atoms with Crippen LogP contribution in [-0.2, 0) is 19.9 Å². The van der Waals surface area contributed by atoms with Crippen molar-refractivity contribution < 1.29 is 16.8 Å². The lowest BCUT2D eigenvalue weighted by Gasteiger charge is -2.27. The Labute approximate surface area is 230 Å². The van der Waals surface area contributed by atoms with E-state index in [1.165, 1.54) is 70.1 Å². The highest BCUT2D eigenvalue weighted by Crippen LogP contribution is 2.43. The highest BCUT2D eigenvalue weighted by molar-refractivity contribution is 7.96. The van der Waals surface area contributed by atoms with Crippen LogP contribution in [0.2, 0.25) is 0 Å². The van der Waals surface area contributed by atoms with Crippen LogP contribution in [0, 0.1) is 0 Å². The number of hydrogen-bond acceptors (Lipinski definition) is 6. The van der Waals surface area contributed by atoms with E-state index in [0.29, 0.717) is 24.9 Å². The van der Waals surface area contributed by atoms with E-state index in [1.54, 1.807) is 6.92 Å². The van der Waals surface area contributed by atoms with E-state index in [9.17, 15) is 16.8 Å². The lowest BCUT2D eigenvalue weighted by Crippen LogP contribution is -2.33. The molecule has 1 aromatic rings. The summed E-state index contributed by atoms with van der Waals surface area (Å²) in [6.07, 6.45) is 23.1. The van der Waals surface area contributed by atoms with Gasteiger partial charge >= 0.3 is 0 Å². The van der Waals surface area contributed by atoms with E-state index in [4.69, 9.17) is 0 Å². The highest BCUT2D eigenvalue weighted by atomic mass is 32.3. The zero-order chi connectivity index (χ0) is 27.2. The Morgan fingerprint density at radius 3 is 2.11 bits per heavy atom. The van der Waals surface area contributed by atoms with Crippen LogP contribution in [0.25, 0.3) is 0 Å². The first kappa shape index (κ1) is 32.2. The molecule has 2 atom stereocenters. The fourth-order valence-electron chi connectivity index (χ4n) is 4.68. The lowest BCUT2D eigenvalue weighted by atomic mass is 10.1. The molecule has 0 saturated carbocycles. The molecule has 0 unspecified atom stereocenters. The summed E-state index contributed by atoms with van der Waals surface area (Å²) in [5.74, 6) is 0. The third-order valence-corrected chi connectivity index (χ3v) is 12.6. The summed E-state index contributed by atoms with van der Waals surface area (Å²) in [5.41, 5.74) is 0.566. The van der Waals surface area contributed by atoms with E-state index < -0.39 is 25.1 Å². The predicted octanol–water partition coefficient (Wildman–Crippen LogP) is 7.76. The summed E-state index contributed by atoms with van der Waals surface area (Å²) in [7, 11) is -7.40. The molecule has 1 aliphatic heterocycles. The van der Waals surface area contributed by atoms with E-state index in [2.05, 4.69) is 28.8 Å². The fourth-order valence-corrected chi connectivity index (χ4v) is 9.57. The fraction of sp³-hybridized carbons (Fsp3) is 0.750. The minimum absolute atomic E-state index is 0.0128. The van der Waals surface area contributed by atoms with Crippen LogP contribution in [-0.4, -0.2) is 34.8 Å². The van der Waals surface area contributed by atoms with Crippen LogP contribution in [0.3, 0.4) is 0 Å². The maximum absolute atomic E-state index is 12.8. The number of sulfone groups is 1. The van der Waals surface area contributed by atoms with Crippen molar-refractivity contribution in [2.75, 3.05) is 6.54 Å². The summed E-state index contributed by atoms with van der Waals surface area (Å²) in [6, 6.07) is 1.35. The van der Waals surface area contributed by atoms with Gasteiger partial charge in [-0.15, -0.1) is 11.3 Å². The number of rotatable bonds is 19. The molecule has 0 aromatic carbocycles. The molecule has 37 heavy (non-hydrogen) atoms. The average molecular weight is 573 g/mol. The standard InChI is InChI=1S/C28H48N2O4S3/c1-4-6-7-8-9-10-11-12-13-14-15-16-17-18-19-20-21-30-37(33,34)27-23-25-26(29-5-2)22-24(3)36(31,32)28(25)35-27/h12-13,21,23-24,26,29H,4-11,14-20,22H2,1-3H3/b13-12?,30-21-/t24-,26-/m0/s1. The largest absolute Gasteiger partial charge is 0.310 e. The van der Waals surface area contributed by atoms with Gasteiger partial charge in [0.25, 0.3) is 10.0 Å². The van der Waals surface area contributed by atoms with Crippen LogP contribution in [0.1, 0.15) is 129 Å². The van der Waals surface area contributed by atoms with Gasteiger partial charge in [-0.3, -0.25) is 0 Å². The molecule has 0 radical (unpaired) electrons. The van der Waals surface area contributed by atoms with E-state index in [-0.39, 0.29) is 14.5 Å². The third kappa shape index (κ3) is 10.6. The number of hydrogen-bond donors (Lipinski definition) is 1. The maximum atomic E-state index is 12.8. The van der Waals surface area contributed by atoms with Crippen molar-refractivity contribution in [3.8, 4) is 0 Å². The molecule has 1 N–H and O–H groups in total. The summed E-state index contributed by atoms with van der Waals surface area (Å²) in [4.78, 5) is 0. The second-order valence-corrected chi connectivity index (χ2v) is 15.6. The number of unbranched alkanes of at least 4 members (excludes halogenated alkanes) is 12. The zero-order valence-corrected chi connectivity index (χ0v) is 25.5. The van der Waals surface area contributed by atoms with Gasteiger partial charge in [-0.2, -0.15) is 12.8 Å². The zero-order valence-electron chi connectivity index (χ0n) is 23.1. The topological polar surface area (TPSA) is 92.7 Å². The third-order valence-electron chi connectivity index (χ3n) is 6.95. The van der Waals surface area contributed by atoms with Gasteiger partial charge in [-0.1, -0.05) is 77.4 Å². The van der Waals surface area contributed by atoms with Crippen molar-refractivity contribution in [1.82, 2.24) is 5.32 Å². The van der Waals surface area contributed by atoms with Crippen LogP contribution in [0.15, 0.2) is 31.0 Å². The summed E-state index contributed by atoms with van der Waals surface area (Å²) < 4.78 is 55.1. The van der Waals surface area contributed by atoms with Crippen LogP contribution >= 0.6 is 11.3 Å². The SMILES string of the molecule is CCCCCCCCC=CCCCCCCC/C=N\S(=O)(=O)c1cc2c(s1)S(=O)(=O)[C@@H](C)C[C@@H]2NCC. The number of nitrogens with zero attached hydrogens (tertiary/aromatic N) is 1. The molecular weight excluding hydrogens is 525 g/mol. The Morgan fingerprint density at radius 1 is 0.946 bits per heavy atom. The smallest absolute Gasteiger partial charge is 0.291 e. The summed E-state index contributed by atoms with van der Waals surface area (Å²) in [6.45, 7) is 6.57. The molecule has 0 aliphatic carbocycles. The van der Waals surface area contributed by atoms with Crippen molar-refractivity contribution in [2.45, 2.75) is 137 Å². The van der Waals surface area contributed by atoms with Crippen molar-refractivity contribution in [3.05, 3.63) is 23.8 Å². The number of thiophene rings is 1. The van der Waals surface area contributed by atoms with Gasteiger partial charge in [0.2, 0.25) is 0 Å². The summed E-state index contributed by atoms with van der Waals surface area (Å²) in [5, 5.41) is 2.74. The van der Waals surface area contributed by atoms with Crippen molar-refractivity contribution in [2.24, 2.45) is 4.40 Å². The number of nitrogens with one attached hydrogen (secondary N) is 1. The highest BCUT2D eigenvalue weighted by Gasteiger charge is 2.39. The molecular formula is C28H48N2O4S3. The van der Waals surface area contributed by atoms with Gasteiger partial charge in [-0.25, -0.2) is 8.42 Å². The molecule has 1 aromatic heterocycles. The van der Waals surface area contributed by atoms with Gasteiger partial charge in [-0.05, 0) is 64.5 Å². The Bertz CT molecular complexity index is 1060. The Hall–Kier alpha value is -1.03. The van der Waals surface area contributed by atoms with Crippen molar-refractivity contribution in [1.29, 1.82) is 0 Å². The second-order valence-electron chi connectivity index (χ2n) is 10.1. The first-order valence-electron chi connectivity index (χ1n) is 14.3. The monoisotopic (exact) mass is 572 g/mol. The number of allylic oxidation sites excluding steroid dienone is 2. The second kappa shape index (κ2) is 16.8. The van der Waals surface area contributed by atoms with Crippen molar-refractivity contribution >= 4 is 37.4 Å². The van der Waals surface area contributed by atoms with Crippen LogP contribution in [0.5, 0.6) is 0 Å². The number of fused-ring (bicyclic) bond motifs is 1. The van der Waals surface area contributed by atoms with Gasteiger partial charge in [0.05, 0.1) is 5.25 Å². The van der Waals surface area contributed by atoms with Gasteiger partial charge in [0, 0.05) is 17.8 Å². The Balaban J connectivity index is 1.67. The molecule has 0 fully saturated rings. The van der Waals surface area contributed by atoms with Crippen LogP contribution in [0.4, 0.5) is 0 Å². The normalized spacial score (nSPS) is 19.6. The molecule has 0 spiro atoms.